The maximum Gasteiger partial charge on any atom is 0.381 e. The van der Waals surface area contributed by atoms with Gasteiger partial charge in [0.1, 0.15) is 5.69 Å². The number of hydrogen-bond acceptors (Lipinski definition) is 3. The van der Waals surface area contributed by atoms with Gasteiger partial charge in [-0.1, -0.05) is 17.7 Å². The van der Waals surface area contributed by atoms with Crippen molar-refractivity contribution in [1.82, 2.24) is 4.57 Å². The lowest BCUT2D eigenvalue weighted by molar-refractivity contribution is -0.137. The highest BCUT2D eigenvalue weighted by Gasteiger charge is 2.26. The number of aromatic nitrogens is 1. The molecule has 0 saturated carbocycles. The van der Waals surface area contributed by atoms with Gasteiger partial charge in [-0.25, -0.2) is 4.79 Å². The third kappa shape index (κ3) is 2.20. The van der Waals surface area contributed by atoms with Crippen LogP contribution in [0.3, 0.4) is 0 Å². The van der Waals surface area contributed by atoms with Crippen LogP contribution in [0.25, 0.3) is 10.9 Å². The second kappa shape index (κ2) is 5.67. The number of ketones is 1. The number of aryl methyl sites for hydroxylation is 2. The van der Waals surface area contributed by atoms with E-state index >= 15 is 0 Å². The van der Waals surface area contributed by atoms with Crippen molar-refractivity contribution in [2.24, 2.45) is 0 Å². The van der Waals surface area contributed by atoms with Crippen LogP contribution in [0.2, 0.25) is 5.02 Å². The second-order valence-corrected chi connectivity index (χ2v) is 4.81. The van der Waals surface area contributed by atoms with E-state index in [1.54, 1.807) is 24.5 Å². The second-order valence-electron chi connectivity index (χ2n) is 4.40. The van der Waals surface area contributed by atoms with Crippen LogP contribution in [0.15, 0.2) is 18.2 Å². The Kier molecular flexibility index (Phi) is 4.14. The maximum absolute atomic E-state index is 12.3. The summed E-state index contributed by atoms with van der Waals surface area (Å²) in [5, 5.41) is 1.38. The molecule has 2 aromatic rings. The first-order valence-corrected chi connectivity index (χ1v) is 6.89. The van der Waals surface area contributed by atoms with Gasteiger partial charge in [0.2, 0.25) is 0 Å². The zero-order chi connectivity index (χ0) is 14.9. The Morgan fingerprint density at radius 1 is 1.30 bits per heavy atom. The molecule has 0 aliphatic heterocycles. The fourth-order valence-corrected chi connectivity index (χ4v) is 2.78. The minimum Gasteiger partial charge on any atom is -0.460 e. The lowest BCUT2D eigenvalue weighted by Crippen LogP contribution is -2.21. The lowest BCUT2D eigenvalue weighted by atomic mass is 10.1. The molecule has 0 aliphatic carbocycles. The molecule has 2 rings (SSSR count). The molecule has 0 saturated heterocycles. The molecule has 5 heteroatoms. The Morgan fingerprint density at radius 2 is 2.00 bits per heavy atom. The maximum atomic E-state index is 12.3. The zero-order valence-electron chi connectivity index (χ0n) is 11.7. The highest BCUT2D eigenvalue weighted by Crippen LogP contribution is 2.31. The van der Waals surface area contributed by atoms with Crippen LogP contribution in [0, 0.1) is 6.92 Å². The molecule has 106 valence electrons. The Morgan fingerprint density at radius 3 is 2.60 bits per heavy atom. The van der Waals surface area contributed by atoms with Crippen molar-refractivity contribution in [3.63, 3.8) is 0 Å². The van der Waals surface area contributed by atoms with Crippen LogP contribution >= 0.6 is 11.6 Å². The van der Waals surface area contributed by atoms with Crippen LogP contribution in [-0.4, -0.2) is 22.9 Å². The number of benzene rings is 1. The summed E-state index contributed by atoms with van der Waals surface area (Å²) in [7, 11) is 0. The number of esters is 1. The number of hydrogen-bond donors (Lipinski definition) is 0. The number of nitrogens with zero attached hydrogens (tertiary/aromatic N) is 1. The Labute approximate surface area is 122 Å². The average Bonchev–Trinajstić information content (AvgIpc) is 2.72. The summed E-state index contributed by atoms with van der Waals surface area (Å²) in [6, 6.07) is 5.49. The molecule has 0 fully saturated rings. The fraction of sp³-hybridized carbons (Fsp3) is 0.333. The lowest BCUT2D eigenvalue weighted by Gasteiger charge is -2.07. The third-order valence-corrected chi connectivity index (χ3v) is 3.59. The van der Waals surface area contributed by atoms with Gasteiger partial charge >= 0.3 is 5.97 Å². The predicted molar refractivity (Wildman–Crippen MR) is 78.3 cm³/mol. The van der Waals surface area contributed by atoms with Crippen molar-refractivity contribution in [3.05, 3.63) is 34.5 Å². The molecule has 0 amide bonds. The summed E-state index contributed by atoms with van der Waals surface area (Å²) in [5.74, 6) is -1.46. The summed E-state index contributed by atoms with van der Waals surface area (Å²) in [6.45, 7) is 6.14. The van der Waals surface area contributed by atoms with Gasteiger partial charge in [-0.2, -0.15) is 0 Å². The number of fused-ring (bicyclic) bond motifs is 1. The molecular weight excluding hydrogens is 278 g/mol. The topological polar surface area (TPSA) is 48.3 Å². The number of Topliss-reactive ketones (excluding diaryl/α,β-unsaturated/α-hetero) is 1. The van der Waals surface area contributed by atoms with Crippen molar-refractivity contribution in [3.8, 4) is 0 Å². The normalized spacial score (nSPS) is 10.8. The molecule has 20 heavy (non-hydrogen) atoms. The average molecular weight is 294 g/mol. The highest BCUT2D eigenvalue weighted by molar-refractivity contribution is 6.42. The number of rotatable bonds is 4. The Balaban J connectivity index is 2.70. The summed E-state index contributed by atoms with van der Waals surface area (Å²) in [6.07, 6.45) is 0. The fourth-order valence-electron chi connectivity index (χ4n) is 2.46. The number of ether oxygens (including phenoxy) is 1. The van der Waals surface area contributed by atoms with Gasteiger partial charge in [-0.15, -0.1) is 0 Å². The molecule has 0 radical (unpaired) electrons. The smallest absolute Gasteiger partial charge is 0.381 e. The number of carbonyl (C=O) groups is 2. The molecule has 4 nitrogen and oxygen atoms in total. The Hall–Kier alpha value is -1.81. The molecule has 0 spiro atoms. The standard InChI is InChI=1S/C15H16ClNO3/c1-4-17-11-8-6-7-10(16)12(11)9(3)13(17)14(18)15(19)20-5-2/h6-8H,4-5H2,1-3H3. The molecule has 1 heterocycles. The number of carbonyl (C=O) groups excluding carboxylic acids is 2. The first kappa shape index (κ1) is 14.6. The van der Waals surface area contributed by atoms with Gasteiger partial charge in [-0.05, 0) is 38.5 Å². The van der Waals surface area contributed by atoms with E-state index in [1.807, 2.05) is 19.1 Å². The van der Waals surface area contributed by atoms with E-state index in [9.17, 15) is 9.59 Å². The molecule has 0 aliphatic rings. The van der Waals surface area contributed by atoms with Crippen LogP contribution in [0.4, 0.5) is 0 Å². The van der Waals surface area contributed by atoms with Gasteiger partial charge < -0.3 is 9.30 Å². The van der Waals surface area contributed by atoms with E-state index in [0.717, 1.165) is 10.9 Å². The van der Waals surface area contributed by atoms with Crippen LogP contribution < -0.4 is 0 Å². The van der Waals surface area contributed by atoms with Crippen LogP contribution in [0.5, 0.6) is 0 Å². The van der Waals surface area contributed by atoms with Crippen molar-refractivity contribution < 1.29 is 14.3 Å². The zero-order valence-corrected chi connectivity index (χ0v) is 12.5. The molecule has 0 N–H and O–H groups in total. The van der Waals surface area contributed by atoms with Crippen molar-refractivity contribution in [2.45, 2.75) is 27.3 Å². The first-order valence-electron chi connectivity index (χ1n) is 6.51. The predicted octanol–water partition coefficient (Wildman–Crippen LogP) is 3.37. The minimum atomic E-state index is -0.829. The summed E-state index contributed by atoms with van der Waals surface area (Å²) < 4.78 is 6.61. The molecule has 0 atom stereocenters. The Bertz CT molecular complexity index is 688. The highest BCUT2D eigenvalue weighted by atomic mass is 35.5. The van der Waals surface area contributed by atoms with Crippen molar-refractivity contribution >= 4 is 34.3 Å². The van der Waals surface area contributed by atoms with Gasteiger partial charge in [0, 0.05) is 11.9 Å². The van der Waals surface area contributed by atoms with Gasteiger partial charge in [-0.3, -0.25) is 4.79 Å². The van der Waals surface area contributed by atoms with E-state index < -0.39 is 11.8 Å². The van der Waals surface area contributed by atoms with E-state index in [4.69, 9.17) is 16.3 Å². The minimum absolute atomic E-state index is 0.177. The van der Waals surface area contributed by atoms with Crippen molar-refractivity contribution in [2.75, 3.05) is 6.61 Å². The molecular formula is C15H16ClNO3. The molecule has 1 aromatic heterocycles. The summed E-state index contributed by atoms with van der Waals surface area (Å²) in [5.41, 5.74) is 1.92. The largest absolute Gasteiger partial charge is 0.460 e. The summed E-state index contributed by atoms with van der Waals surface area (Å²) >= 11 is 6.21. The van der Waals surface area contributed by atoms with Gasteiger partial charge in [0.15, 0.2) is 0 Å². The van der Waals surface area contributed by atoms with Gasteiger partial charge in [0.25, 0.3) is 5.78 Å². The first-order chi connectivity index (χ1) is 9.52. The van der Waals surface area contributed by atoms with Crippen molar-refractivity contribution in [1.29, 1.82) is 0 Å². The van der Waals surface area contributed by atoms with E-state index in [1.165, 1.54) is 0 Å². The summed E-state index contributed by atoms with van der Waals surface area (Å²) in [4.78, 5) is 24.0. The van der Waals surface area contributed by atoms with Gasteiger partial charge in [0.05, 0.1) is 17.1 Å². The molecule has 0 bridgehead atoms. The third-order valence-electron chi connectivity index (χ3n) is 3.27. The quantitative estimate of drug-likeness (QED) is 0.493. The molecule has 1 aromatic carbocycles. The van der Waals surface area contributed by atoms with E-state index in [0.29, 0.717) is 22.8 Å². The molecule has 0 unspecified atom stereocenters. The van der Waals surface area contributed by atoms with Crippen LogP contribution in [0.1, 0.15) is 29.9 Å². The monoisotopic (exact) mass is 293 g/mol. The SMILES string of the molecule is CCOC(=O)C(=O)c1c(C)c2c(Cl)cccc2n1CC. The van der Waals surface area contributed by atoms with E-state index in [-0.39, 0.29) is 6.61 Å². The van der Waals surface area contributed by atoms with Crippen LogP contribution in [-0.2, 0) is 16.1 Å². The van der Waals surface area contributed by atoms with E-state index in [2.05, 4.69) is 0 Å². The number of halogens is 1.